The zero-order valence-corrected chi connectivity index (χ0v) is 24.5. The Balaban J connectivity index is 1.20. The first-order valence-corrected chi connectivity index (χ1v) is 14.9. The molecule has 1 aromatic heterocycles. The minimum absolute atomic E-state index is 0.137. The maximum Gasteiger partial charge on any atom is 0.354 e. The maximum absolute atomic E-state index is 12.9. The average Bonchev–Trinajstić information content (AvgIpc) is 3.38. The summed E-state index contributed by atoms with van der Waals surface area (Å²) in [6.07, 6.45) is 8.13. The second kappa shape index (κ2) is 11.9. The number of nitrogens with two attached hydrogens (primary N) is 2. The second-order valence-electron chi connectivity index (χ2n) is 12.3. The quantitative estimate of drug-likeness (QED) is 0.485. The van der Waals surface area contributed by atoms with Crippen LogP contribution >= 0.6 is 0 Å². The van der Waals surface area contributed by atoms with Gasteiger partial charge in [-0.2, -0.15) is 4.98 Å². The highest BCUT2D eigenvalue weighted by Gasteiger charge is 2.33. The van der Waals surface area contributed by atoms with Crippen LogP contribution in [0.25, 0.3) is 5.69 Å². The van der Waals surface area contributed by atoms with E-state index in [0.717, 1.165) is 44.3 Å². The molecule has 0 bridgehead atoms. The number of urea groups is 1. The number of hydrogen-bond donors (Lipinski definition) is 3. The largest absolute Gasteiger partial charge is 0.354 e. The Morgan fingerprint density at radius 3 is 2.41 bits per heavy atom. The van der Waals surface area contributed by atoms with Crippen LogP contribution in [0.5, 0.6) is 0 Å². The minimum atomic E-state index is -0.945. The summed E-state index contributed by atoms with van der Waals surface area (Å²) in [7, 11) is 0. The van der Waals surface area contributed by atoms with Gasteiger partial charge < -0.3 is 21.3 Å². The molecule has 0 radical (unpaired) electrons. The van der Waals surface area contributed by atoms with Crippen LogP contribution in [0.3, 0.4) is 0 Å². The Labute approximate surface area is 241 Å². The summed E-state index contributed by atoms with van der Waals surface area (Å²) in [6.45, 7) is 8.23. The van der Waals surface area contributed by atoms with Crippen LogP contribution in [-0.4, -0.2) is 92.6 Å². The lowest BCUT2D eigenvalue weighted by atomic mass is 9.86. The highest BCUT2D eigenvalue weighted by atomic mass is 16.2. The van der Waals surface area contributed by atoms with Crippen LogP contribution < -0.4 is 22.5 Å². The maximum atomic E-state index is 12.9. The van der Waals surface area contributed by atoms with E-state index in [9.17, 15) is 14.4 Å². The molecular weight excluding hydrogens is 520 g/mol. The molecule has 2 fully saturated rings. The molecule has 2 heterocycles. The summed E-state index contributed by atoms with van der Waals surface area (Å²) < 4.78 is 1.51. The number of anilines is 1. The molecule has 5 N–H and O–H groups in total. The summed E-state index contributed by atoms with van der Waals surface area (Å²) in [4.78, 5) is 48.2. The first-order valence-electron chi connectivity index (χ1n) is 14.9. The molecule has 1 unspecified atom stereocenters. The van der Waals surface area contributed by atoms with Crippen molar-refractivity contribution in [3.8, 4) is 5.69 Å². The summed E-state index contributed by atoms with van der Waals surface area (Å²) in [5.74, 6) is 0.0620. The number of hydrogen-bond acceptors (Lipinski definition) is 7. The van der Waals surface area contributed by atoms with Gasteiger partial charge in [0, 0.05) is 50.5 Å². The summed E-state index contributed by atoms with van der Waals surface area (Å²) in [6, 6.07) is 8.94. The Bertz CT molecular complexity index is 1330. The molecule has 1 saturated heterocycles. The fourth-order valence-corrected chi connectivity index (χ4v) is 6.64. The number of likely N-dealkylation sites (N-methyl/N-ethyl adjacent to an activating group) is 1. The van der Waals surface area contributed by atoms with Crippen molar-refractivity contribution < 1.29 is 9.59 Å². The van der Waals surface area contributed by atoms with Gasteiger partial charge in [-0.3, -0.25) is 19.6 Å². The van der Waals surface area contributed by atoms with Crippen molar-refractivity contribution in [1.29, 1.82) is 0 Å². The number of carbonyl (C=O) groups is 2. The Kier molecular flexibility index (Phi) is 8.49. The van der Waals surface area contributed by atoms with E-state index in [1.165, 1.54) is 22.1 Å². The van der Waals surface area contributed by atoms with E-state index < -0.39 is 11.2 Å². The number of piperazine rings is 1. The van der Waals surface area contributed by atoms with Gasteiger partial charge in [-0.1, -0.05) is 13.0 Å². The first-order chi connectivity index (χ1) is 19.5. The number of fused-ring (bicyclic) bond motifs is 1. The van der Waals surface area contributed by atoms with E-state index in [-0.39, 0.29) is 17.8 Å². The molecule has 3 amide bonds. The zero-order valence-electron chi connectivity index (χ0n) is 24.5. The molecule has 5 rings (SSSR count). The molecule has 1 saturated carbocycles. The van der Waals surface area contributed by atoms with Gasteiger partial charge in [0.15, 0.2) is 0 Å². The highest BCUT2D eigenvalue weighted by Crippen LogP contribution is 2.31. The average molecular weight is 565 g/mol. The van der Waals surface area contributed by atoms with Gasteiger partial charge in [0.25, 0.3) is 0 Å². The molecule has 41 heavy (non-hydrogen) atoms. The Morgan fingerprint density at radius 2 is 1.78 bits per heavy atom. The number of aromatic nitrogens is 2. The lowest BCUT2D eigenvalue weighted by Crippen LogP contribution is -2.58. The van der Waals surface area contributed by atoms with Crippen LogP contribution in [0.4, 0.5) is 10.6 Å². The van der Waals surface area contributed by atoms with Gasteiger partial charge in [0.2, 0.25) is 5.91 Å². The monoisotopic (exact) mass is 564 g/mol. The van der Waals surface area contributed by atoms with E-state index >= 15 is 0 Å². The van der Waals surface area contributed by atoms with E-state index in [1.807, 2.05) is 6.07 Å². The van der Waals surface area contributed by atoms with Crippen LogP contribution in [0.2, 0.25) is 0 Å². The van der Waals surface area contributed by atoms with Crippen LogP contribution in [0.15, 0.2) is 35.3 Å². The van der Waals surface area contributed by atoms with Gasteiger partial charge in [0.05, 0.1) is 11.2 Å². The van der Waals surface area contributed by atoms with Crippen LogP contribution in [0, 0.1) is 0 Å². The topological polar surface area (TPSA) is 143 Å². The van der Waals surface area contributed by atoms with E-state index in [0.29, 0.717) is 44.3 Å². The molecule has 2 aliphatic carbocycles. The third-order valence-corrected chi connectivity index (χ3v) is 8.86. The first kappa shape index (κ1) is 29.2. The van der Waals surface area contributed by atoms with Gasteiger partial charge in [0.1, 0.15) is 5.82 Å². The number of aryl methyl sites for hydroxylation is 1. The Hall–Kier alpha value is -3.28. The molecule has 1 aromatic carbocycles. The van der Waals surface area contributed by atoms with Crippen molar-refractivity contribution in [3.63, 3.8) is 0 Å². The number of nitrogens with zero attached hydrogens (tertiary/aromatic N) is 5. The summed E-state index contributed by atoms with van der Waals surface area (Å²) >= 11 is 0. The van der Waals surface area contributed by atoms with Gasteiger partial charge in [-0.15, -0.1) is 0 Å². The van der Waals surface area contributed by atoms with Crippen molar-refractivity contribution >= 4 is 17.8 Å². The number of benzene rings is 1. The fourth-order valence-electron chi connectivity index (χ4n) is 6.64. The molecule has 222 valence electrons. The van der Waals surface area contributed by atoms with Crippen molar-refractivity contribution in [2.24, 2.45) is 11.5 Å². The molecule has 3 aliphatic rings. The zero-order chi connectivity index (χ0) is 29.3. The number of rotatable bonds is 6. The van der Waals surface area contributed by atoms with Crippen molar-refractivity contribution in [2.75, 3.05) is 38.0 Å². The fraction of sp³-hybridized carbons (Fsp3) is 0.600. The minimum Gasteiger partial charge on any atom is -0.338 e. The molecule has 2 aromatic rings. The van der Waals surface area contributed by atoms with Crippen molar-refractivity contribution in [3.05, 3.63) is 52.1 Å². The lowest BCUT2D eigenvalue weighted by Gasteiger charge is -2.38. The third kappa shape index (κ3) is 6.47. The molecule has 0 spiro atoms. The molecule has 1 aliphatic heterocycles. The SMILES string of the molecule is CCN(C1CCc2cc(-n3ccc(NC(=O)N4CCN(C(=O)C(C)(C)N)CC4)nc3=O)ccc2C1)[C@H]1CC[C@H](N)C1. The third-order valence-electron chi connectivity index (χ3n) is 8.86. The standard InChI is InChI=1S/C30H44N8O3/c1-4-37(25-10-7-22(31)19-25)23-8-5-21-18-24(9-6-20(21)17-23)38-12-11-26(34-29(38)41)33-28(40)36-15-13-35(14-16-36)27(39)30(2,3)32/h6,9,11-12,18,22-23,25H,4-5,7-8,10,13-17,19,31-32H2,1-3H3,(H,33,34,40,41)/t22-,23?,25-/m0/s1. The summed E-state index contributed by atoms with van der Waals surface area (Å²) in [5, 5.41) is 2.72. The normalized spacial score (nSPS) is 23.0. The number of nitrogens with one attached hydrogen (secondary N) is 1. The highest BCUT2D eigenvalue weighted by molar-refractivity contribution is 5.89. The predicted molar refractivity (Wildman–Crippen MR) is 159 cm³/mol. The van der Waals surface area contributed by atoms with E-state index in [4.69, 9.17) is 11.5 Å². The van der Waals surface area contributed by atoms with Gasteiger partial charge in [-0.25, -0.2) is 9.59 Å². The van der Waals surface area contributed by atoms with E-state index in [1.54, 1.807) is 35.9 Å². The number of carbonyl (C=O) groups excluding carboxylic acids is 2. The van der Waals surface area contributed by atoms with Crippen LogP contribution in [0.1, 0.15) is 57.6 Å². The van der Waals surface area contributed by atoms with E-state index in [2.05, 4.69) is 34.3 Å². The Morgan fingerprint density at radius 1 is 1.05 bits per heavy atom. The van der Waals surface area contributed by atoms with Crippen LogP contribution in [-0.2, 0) is 17.6 Å². The smallest absolute Gasteiger partial charge is 0.338 e. The predicted octanol–water partition coefficient (Wildman–Crippen LogP) is 1.70. The molecule has 3 atom stereocenters. The number of amides is 3. The van der Waals surface area contributed by atoms with Crippen molar-refractivity contribution in [2.45, 2.75) is 83.0 Å². The van der Waals surface area contributed by atoms with Gasteiger partial charge >= 0.3 is 11.7 Å². The van der Waals surface area contributed by atoms with Gasteiger partial charge in [-0.05, 0) is 88.2 Å². The lowest BCUT2D eigenvalue weighted by molar-refractivity contribution is -0.137. The molecule has 11 nitrogen and oxygen atoms in total. The summed E-state index contributed by atoms with van der Waals surface area (Å²) in [5.41, 5.74) is 14.1. The molecule has 11 heteroatoms. The second-order valence-corrected chi connectivity index (χ2v) is 12.3. The van der Waals surface area contributed by atoms with Crippen molar-refractivity contribution in [1.82, 2.24) is 24.3 Å². The molecular formula is C30H44N8O3.